The van der Waals surface area contributed by atoms with Crippen LogP contribution in [0.4, 0.5) is 0 Å². The van der Waals surface area contributed by atoms with Gasteiger partial charge < -0.3 is 0 Å². The van der Waals surface area contributed by atoms with E-state index in [-0.39, 0.29) is 6.04 Å². The first kappa shape index (κ1) is 10.0. The Morgan fingerprint density at radius 2 is 2.54 bits per heavy atom. The minimum atomic E-state index is -0.196. The fraction of sp³-hybridized carbons (Fsp3) is 0.300. The van der Waals surface area contributed by atoms with Crippen molar-refractivity contribution in [3.8, 4) is 12.3 Å². The van der Waals surface area contributed by atoms with Gasteiger partial charge >= 0.3 is 0 Å². The topological polar surface area (TPSA) is 24.9 Å². The Hall–Kier alpha value is -1.04. The van der Waals surface area contributed by atoms with Gasteiger partial charge in [0.1, 0.15) is 6.04 Å². The lowest BCUT2D eigenvalue weighted by atomic mass is 10.2. The third-order valence-corrected chi connectivity index (χ3v) is 1.95. The van der Waals surface area contributed by atoms with Crippen molar-refractivity contribution in [3.63, 3.8) is 0 Å². The maximum atomic E-state index is 5.94. The molecule has 0 aliphatic heterocycles. The van der Waals surface area contributed by atoms with Crippen LogP contribution in [0.1, 0.15) is 18.7 Å². The van der Waals surface area contributed by atoms with Crippen molar-refractivity contribution in [2.24, 2.45) is 0 Å². The highest BCUT2D eigenvalue weighted by molar-refractivity contribution is 6.31. The van der Waals surface area contributed by atoms with Crippen molar-refractivity contribution in [2.45, 2.75) is 13.0 Å². The molecular formula is C10H11ClN2. The minimum Gasteiger partial charge on any atom is -0.299 e. The van der Waals surface area contributed by atoms with Gasteiger partial charge in [-0.05, 0) is 18.7 Å². The average molecular weight is 195 g/mol. The Labute approximate surface area is 83.3 Å². The Kier molecular flexibility index (Phi) is 3.75. The van der Waals surface area contributed by atoms with Gasteiger partial charge in [-0.1, -0.05) is 24.4 Å². The average Bonchev–Trinajstić information content (AvgIpc) is 2.16. The largest absolute Gasteiger partial charge is 0.299 e. The number of hydrogen-bond donors (Lipinski definition) is 1. The zero-order chi connectivity index (χ0) is 9.68. The first-order valence-electron chi connectivity index (χ1n) is 4.09. The van der Waals surface area contributed by atoms with Gasteiger partial charge in [-0.15, -0.1) is 6.42 Å². The molecule has 0 bridgehead atoms. The number of halogens is 1. The molecule has 1 unspecified atom stereocenters. The summed E-state index contributed by atoms with van der Waals surface area (Å²) in [6.45, 7) is 2.78. The standard InChI is InChI=1S/C10H11ClN2/c1-3-9(12-4-2)10-8(11)6-5-7-13-10/h1,5-7,9,12H,4H2,2H3. The molecular weight excluding hydrogens is 184 g/mol. The molecule has 1 atom stereocenters. The summed E-state index contributed by atoms with van der Waals surface area (Å²) in [6.07, 6.45) is 7.03. The molecule has 68 valence electrons. The Morgan fingerprint density at radius 1 is 1.77 bits per heavy atom. The van der Waals surface area contributed by atoms with Crippen LogP contribution in [-0.4, -0.2) is 11.5 Å². The quantitative estimate of drug-likeness (QED) is 0.745. The van der Waals surface area contributed by atoms with E-state index in [2.05, 4.69) is 16.2 Å². The fourth-order valence-electron chi connectivity index (χ4n) is 1.05. The minimum absolute atomic E-state index is 0.196. The Morgan fingerprint density at radius 3 is 3.08 bits per heavy atom. The Balaban J connectivity index is 2.92. The number of nitrogens with one attached hydrogen (secondary N) is 1. The molecule has 2 nitrogen and oxygen atoms in total. The molecule has 0 radical (unpaired) electrons. The summed E-state index contributed by atoms with van der Waals surface area (Å²) in [7, 11) is 0. The molecule has 1 heterocycles. The molecule has 0 aromatic carbocycles. The summed E-state index contributed by atoms with van der Waals surface area (Å²) < 4.78 is 0. The van der Waals surface area contributed by atoms with Crippen molar-refractivity contribution in [1.82, 2.24) is 10.3 Å². The third-order valence-electron chi connectivity index (χ3n) is 1.64. The van der Waals surface area contributed by atoms with Gasteiger partial charge in [-0.3, -0.25) is 10.3 Å². The molecule has 1 N–H and O–H groups in total. The van der Waals surface area contributed by atoms with E-state index in [0.29, 0.717) is 10.7 Å². The van der Waals surface area contributed by atoms with Crippen molar-refractivity contribution in [1.29, 1.82) is 0 Å². The van der Waals surface area contributed by atoms with Crippen LogP contribution >= 0.6 is 11.6 Å². The molecule has 0 fully saturated rings. The number of aromatic nitrogens is 1. The number of pyridine rings is 1. The van der Waals surface area contributed by atoms with E-state index in [0.717, 1.165) is 6.54 Å². The number of nitrogens with zero attached hydrogens (tertiary/aromatic N) is 1. The van der Waals surface area contributed by atoms with Crippen LogP contribution < -0.4 is 5.32 Å². The van der Waals surface area contributed by atoms with Crippen LogP contribution in [0, 0.1) is 12.3 Å². The SMILES string of the molecule is C#CC(NCC)c1ncccc1Cl. The predicted molar refractivity (Wildman–Crippen MR) is 54.5 cm³/mol. The van der Waals surface area contributed by atoms with E-state index in [4.69, 9.17) is 18.0 Å². The molecule has 1 rings (SSSR count). The van der Waals surface area contributed by atoms with Crippen molar-refractivity contribution >= 4 is 11.6 Å². The highest BCUT2D eigenvalue weighted by Crippen LogP contribution is 2.18. The molecule has 0 spiro atoms. The van der Waals surface area contributed by atoms with Crippen LogP contribution in [0.5, 0.6) is 0 Å². The maximum absolute atomic E-state index is 5.94. The van der Waals surface area contributed by atoms with E-state index >= 15 is 0 Å². The molecule has 13 heavy (non-hydrogen) atoms. The van der Waals surface area contributed by atoms with E-state index in [1.807, 2.05) is 6.92 Å². The summed E-state index contributed by atoms with van der Waals surface area (Å²) in [5.74, 6) is 2.60. The van der Waals surface area contributed by atoms with Gasteiger partial charge in [-0.25, -0.2) is 0 Å². The van der Waals surface area contributed by atoms with E-state index < -0.39 is 0 Å². The molecule has 0 saturated carbocycles. The summed E-state index contributed by atoms with van der Waals surface area (Å²) in [5, 5.41) is 3.71. The second kappa shape index (κ2) is 4.86. The first-order chi connectivity index (χ1) is 6.29. The van der Waals surface area contributed by atoms with Crippen LogP contribution in [-0.2, 0) is 0 Å². The first-order valence-corrected chi connectivity index (χ1v) is 4.47. The molecule has 0 saturated heterocycles. The van der Waals surface area contributed by atoms with E-state index in [1.165, 1.54) is 0 Å². The fourth-order valence-corrected chi connectivity index (χ4v) is 1.28. The second-order valence-corrected chi connectivity index (χ2v) is 2.94. The van der Waals surface area contributed by atoms with Gasteiger partial charge in [0.25, 0.3) is 0 Å². The second-order valence-electron chi connectivity index (χ2n) is 2.53. The van der Waals surface area contributed by atoms with E-state index in [1.54, 1.807) is 18.3 Å². The van der Waals surface area contributed by atoms with Gasteiger partial charge in [0, 0.05) is 6.20 Å². The highest BCUT2D eigenvalue weighted by Gasteiger charge is 2.10. The third kappa shape index (κ3) is 2.45. The van der Waals surface area contributed by atoms with Gasteiger partial charge in [0.2, 0.25) is 0 Å². The summed E-state index contributed by atoms with van der Waals surface area (Å²) in [6, 6.07) is 3.37. The number of hydrogen-bond acceptors (Lipinski definition) is 2. The van der Waals surface area contributed by atoms with Crippen molar-refractivity contribution < 1.29 is 0 Å². The summed E-state index contributed by atoms with van der Waals surface area (Å²) in [5.41, 5.74) is 0.716. The van der Waals surface area contributed by atoms with Crippen LogP contribution in [0.25, 0.3) is 0 Å². The molecule has 3 heteroatoms. The predicted octanol–water partition coefficient (Wildman–Crippen LogP) is 2.02. The molecule has 0 aliphatic carbocycles. The monoisotopic (exact) mass is 194 g/mol. The van der Waals surface area contributed by atoms with E-state index in [9.17, 15) is 0 Å². The Bertz CT molecular complexity index is 317. The lowest BCUT2D eigenvalue weighted by molar-refractivity contribution is 0.649. The number of terminal acetylenes is 1. The lowest BCUT2D eigenvalue weighted by Crippen LogP contribution is -2.20. The lowest BCUT2D eigenvalue weighted by Gasteiger charge is -2.11. The summed E-state index contributed by atoms with van der Waals surface area (Å²) in [4.78, 5) is 4.13. The molecule has 0 aliphatic rings. The molecule has 0 amide bonds. The zero-order valence-corrected chi connectivity index (χ0v) is 8.17. The normalized spacial score (nSPS) is 12.1. The zero-order valence-electron chi connectivity index (χ0n) is 7.42. The molecule has 1 aromatic heterocycles. The van der Waals surface area contributed by atoms with Crippen molar-refractivity contribution in [3.05, 3.63) is 29.0 Å². The smallest absolute Gasteiger partial charge is 0.113 e. The highest BCUT2D eigenvalue weighted by atomic mass is 35.5. The van der Waals surface area contributed by atoms with Crippen LogP contribution in [0.2, 0.25) is 5.02 Å². The number of rotatable bonds is 3. The maximum Gasteiger partial charge on any atom is 0.113 e. The van der Waals surface area contributed by atoms with Crippen LogP contribution in [0.3, 0.4) is 0 Å². The van der Waals surface area contributed by atoms with Gasteiger partial charge in [0.05, 0.1) is 10.7 Å². The molecule has 1 aromatic rings. The van der Waals surface area contributed by atoms with Gasteiger partial charge in [-0.2, -0.15) is 0 Å². The van der Waals surface area contributed by atoms with Gasteiger partial charge in [0.15, 0.2) is 0 Å². The summed E-state index contributed by atoms with van der Waals surface area (Å²) >= 11 is 5.94. The van der Waals surface area contributed by atoms with Crippen LogP contribution in [0.15, 0.2) is 18.3 Å². The van der Waals surface area contributed by atoms with Crippen molar-refractivity contribution in [2.75, 3.05) is 6.54 Å².